The van der Waals surface area contributed by atoms with Gasteiger partial charge in [0.25, 0.3) is 5.91 Å². The maximum atomic E-state index is 12.5. The molecule has 128 valence electrons. The van der Waals surface area contributed by atoms with E-state index in [1.807, 2.05) is 11.8 Å². The first-order valence-corrected chi connectivity index (χ1v) is 8.70. The highest BCUT2D eigenvalue weighted by molar-refractivity contribution is 5.95. The zero-order valence-electron chi connectivity index (χ0n) is 14.4. The molecule has 3 heterocycles. The molecule has 0 unspecified atom stereocenters. The van der Waals surface area contributed by atoms with Gasteiger partial charge in [-0.3, -0.25) is 14.8 Å². The van der Waals surface area contributed by atoms with Gasteiger partial charge in [0.1, 0.15) is 0 Å². The molecule has 23 heavy (non-hydrogen) atoms. The topological polar surface area (TPSA) is 61.5 Å². The molecule has 6 nitrogen and oxygen atoms in total. The first-order chi connectivity index (χ1) is 11.0. The monoisotopic (exact) mass is 320 g/mol. The number of nitrogens with zero attached hydrogens (tertiary/aromatic N) is 3. The first-order valence-electron chi connectivity index (χ1n) is 8.70. The van der Waals surface area contributed by atoms with Gasteiger partial charge in [0.15, 0.2) is 0 Å². The van der Waals surface area contributed by atoms with E-state index >= 15 is 0 Å². The average Bonchev–Trinajstić information content (AvgIpc) is 2.92. The van der Waals surface area contributed by atoms with Crippen molar-refractivity contribution >= 4 is 5.91 Å². The highest BCUT2D eigenvalue weighted by atomic mass is 16.5. The predicted molar refractivity (Wildman–Crippen MR) is 88.4 cm³/mol. The van der Waals surface area contributed by atoms with Crippen LogP contribution in [0.4, 0.5) is 0 Å². The van der Waals surface area contributed by atoms with Crippen LogP contribution in [-0.2, 0) is 4.74 Å². The van der Waals surface area contributed by atoms with E-state index in [1.165, 1.54) is 0 Å². The molecule has 2 saturated heterocycles. The zero-order chi connectivity index (χ0) is 16.4. The lowest BCUT2D eigenvalue weighted by atomic mass is 9.95. The number of rotatable bonds is 3. The quantitative estimate of drug-likeness (QED) is 0.920. The van der Waals surface area contributed by atoms with Crippen LogP contribution in [0.3, 0.4) is 0 Å². The molecular formula is C17H28N4O2. The molecule has 2 aliphatic heterocycles. The lowest BCUT2D eigenvalue weighted by molar-refractivity contribution is -0.0728. The van der Waals surface area contributed by atoms with Crippen molar-refractivity contribution in [2.75, 3.05) is 32.7 Å². The number of morpholine rings is 1. The van der Waals surface area contributed by atoms with Gasteiger partial charge in [0, 0.05) is 38.4 Å². The SMILES string of the molecule is Cc1[nH]ncc1C(=O)N1CCC(CN2C[C@H](C)O[C@@H](C)C2)CC1. The van der Waals surface area contributed by atoms with Gasteiger partial charge >= 0.3 is 0 Å². The Morgan fingerprint density at radius 1 is 1.30 bits per heavy atom. The fraction of sp³-hybridized carbons (Fsp3) is 0.765. The summed E-state index contributed by atoms with van der Waals surface area (Å²) in [4.78, 5) is 17.0. The van der Waals surface area contributed by atoms with Crippen molar-refractivity contribution in [1.29, 1.82) is 0 Å². The van der Waals surface area contributed by atoms with Crippen LogP contribution in [0, 0.1) is 12.8 Å². The summed E-state index contributed by atoms with van der Waals surface area (Å²) >= 11 is 0. The molecule has 1 N–H and O–H groups in total. The molecule has 0 spiro atoms. The number of carbonyl (C=O) groups excluding carboxylic acids is 1. The summed E-state index contributed by atoms with van der Waals surface area (Å²) in [6.45, 7) is 11.1. The minimum absolute atomic E-state index is 0.114. The lowest BCUT2D eigenvalue weighted by Crippen LogP contribution is -2.48. The molecular weight excluding hydrogens is 292 g/mol. The van der Waals surface area contributed by atoms with E-state index in [2.05, 4.69) is 28.9 Å². The summed E-state index contributed by atoms with van der Waals surface area (Å²) in [6.07, 6.45) is 4.46. The summed E-state index contributed by atoms with van der Waals surface area (Å²) in [6, 6.07) is 0. The molecule has 0 aromatic carbocycles. The number of nitrogens with one attached hydrogen (secondary N) is 1. The first kappa shape index (κ1) is 16.5. The highest BCUT2D eigenvalue weighted by Crippen LogP contribution is 2.22. The van der Waals surface area contributed by atoms with Crippen LogP contribution in [0.5, 0.6) is 0 Å². The summed E-state index contributed by atoms with van der Waals surface area (Å²) in [5, 5.41) is 6.80. The molecule has 1 amide bonds. The van der Waals surface area contributed by atoms with Crippen LogP contribution in [-0.4, -0.2) is 70.8 Å². The van der Waals surface area contributed by atoms with Gasteiger partial charge in [-0.15, -0.1) is 0 Å². The van der Waals surface area contributed by atoms with Crippen molar-refractivity contribution in [1.82, 2.24) is 20.0 Å². The van der Waals surface area contributed by atoms with Crippen molar-refractivity contribution in [3.63, 3.8) is 0 Å². The number of carbonyl (C=O) groups is 1. The van der Waals surface area contributed by atoms with Gasteiger partial charge < -0.3 is 9.64 Å². The Morgan fingerprint density at radius 3 is 2.52 bits per heavy atom. The van der Waals surface area contributed by atoms with Crippen LogP contribution in [0.25, 0.3) is 0 Å². The highest BCUT2D eigenvalue weighted by Gasteiger charge is 2.28. The van der Waals surface area contributed by atoms with E-state index in [0.717, 1.165) is 51.3 Å². The van der Waals surface area contributed by atoms with E-state index in [0.29, 0.717) is 23.7 Å². The number of amides is 1. The van der Waals surface area contributed by atoms with E-state index in [-0.39, 0.29) is 5.91 Å². The Hall–Kier alpha value is -1.40. The Morgan fingerprint density at radius 2 is 1.96 bits per heavy atom. The van der Waals surface area contributed by atoms with Crippen LogP contribution in [0.1, 0.15) is 42.7 Å². The maximum absolute atomic E-state index is 12.5. The van der Waals surface area contributed by atoms with E-state index < -0.39 is 0 Å². The fourth-order valence-electron chi connectivity index (χ4n) is 3.85. The van der Waals surface area contributed by atoms with E-state index in [4.69, 9.17) is 4.74 Å². The molecule has 0 saturated carbocycles. The van der Waals surface area contributed by atoms with E-state index in [1.54, 1.807) is 6.20 Å². The molecule has 0 radical (unpaired) electrons. The number of piperidine rings is 1. The normalized spacial score (nSPS) is 27.3. The minimum atomic E-state index is 0.114. The molecule has 3 rings (SSSR count). The number of ether oxygens (including phenoxy) is 1. The Kier molecular flexibility index (Phi) is 5.02. The number of hydrogen-bond donors (Lipinski definition) is 1. The number of H-pyrrole nitrogens is 1. The number of aryl methyl sites for hydroxylation is 1. The summed E-state index contributed by atoms with van der Waals surface area (Å²) in [5.74, 6) is 0.797. The fourth-order valence-corrected chi connectivity index (χ4v) is 3.85. The number of hydrogen-bond acceptors (Lipinski definition) is 4. The van der Waals surface area contributed by atoms with Crippen molar-refractivity contribution in [2.24, 2.45) is 5.92 Å². The second-order valence-electron chi connectivity index (χ2n) is 7.12. The summed E-state index contributed by atoms with van der Waals surface area (Å²) in [7, 11) is 0. The third-order valence-corrected chi connectivity index (χ3v) is 4.97. The lowest BCUT2D eigenvalue weighted by Gasteiger charge is -2.39. The molecule has 2 aliphatic rings. The molecule has 2 fully saturated rings. The standard InChI is InChI=1S/C17H28N4O2/c1-12-9-20(10-13(2)23-12)11-15-4-6-21(7-5-15)17(22)16-8-18-19-14(16)3/h8,12-13,15H,4-7,9-11H2,1-3H3,(H,18,19)/t12-,13-/m0/s1. The van der Waals surface area contributed by atoms with Gasteiger partial charge in [-0.2, -0.15) is 5.10 Å². The number of likely N-dealkylation sites (tertiary alicyclic amines) is 1. The maximum Gasteiger partial charge on any atom is 0.257 e. The minimum Gasteiger partial charge on any atom is -0.373 e. The van der Waals surface area contributed by atoms with Crippen LogP contribution in [0.15, 0.2) is 6.20 Å². The number of aromatic amines is 1. The number of aromatic nitrogens is 2. The third-order valence-electron chi connectivity index (χ3n) is 4.97. The van der Waals surface area contributed by atoms with Crippen LogP contribution in [0.2, 0.25) is 0 Å². The summed E-state index contributed by atoms with van der Waals surface area (Å²) < 4.78 is 5.80. The van der Waals surface area contributed by atoms with E-state index in [9.17, 15) is 4.79 Å². The molecule has 1 aromatic heterocycles. The van der Waals surface area contributed by atoms with Gasteiger partial charge in [-0.25, -0.2) is 0 Å². The Bertz CT molecular complexity index is 526. The summed E-state index contributed by atoms with van der Waals surface area (Å²) in [5.41, 5.74) is 1.56. The second kappa shape index (κ2) is 7.01. The van der Waals surface area contributed by atoms with Gasteiger partial charge in [0.05, 0.1) is 24.0 Å². The van der Waals surface area contributed by atoms with Gasteiger partial charge in [0.2, 0.25) is 0 Å². The molecule has 2 atom stereocenters. The van der Waals surface area contributed by atoms with Crippen molar-refractivity contribution in [3.8, 4) is 0 Å². The van der Waals surface area contributed by atoms with Gasteiger partial charge in [-0.05, 0) is 39.5 Å². The smallest absolute Gasteiger partial charge is 0.257 e. The van der Waals surface area contributed by atoms with Crippen LogP contribution < -0.4 is 0 Å². The average molecular weight is 320 g/mol. The van der Waals surface area contributed by atoms with Crippen molar-refractivity contribution in [3.05, 3.63) is 17.5 Å². The molecule has 0 bridgehead atoms. The van der Waals surface area contributed by atoms with Crippen molar-refractivity contribution in [2.45, 2.75) is 45.8 Å². The molecule has 0 aliphatic carbocycles. The molecule has 6 heteroatoms. The third kappa shape index (κ3) is 3.93. The molecule has 1 aromatic rings. The Balaban J connectivity index is 1.49. The Labute approximate surface area is 138 Å². The zero-order valence-corrected chi connectivity index (χ0v) is 14.4. The largest absolute Gasteiger partial charge is 0.373 e. The second-order valence-corrected chi connectivity index (χ2v) is 7.12. The van der Waals surface area contributed by atoms with Crippen molar-refractivity contribution < 1.29 is 9.53 Å². The predicted octanol–water partition coefficient (Wildman–Crippen LogP) is 1.68. The van der Waals surface area contributed by atoms with Crippen LogP contribution >= 0.6 is 0 Å². The van der Waals surface area contributed by atoms with Gasteiger partial charge in [-0.1, -0.05) is 0 Å².